The Bertz CT molecular complexity index is 497. The maximum absolute atomic E-state index is 10.5. The SMILES string of the molecule is CN(C)C(CSC(N)=O)CSC(N)=O.CN(C)C1CSSSC1.Cl.O=C(O)C(=O)O. The summed E-state index contributed by atoms with van der Waals surface area (Å²) in [7, 11) is 13.9. The molecule has 0 aromatic rings. The lowest BCUT2D eigenvalue weighted by atomic mass is 10.4. The first-order valence-electron chi connectivity index (χ1n) is 7.93. The van der Waals surface area contributed by atoms with Crippen LogP contribution in [0.25, 0.3) is 0 Å². The normalized spacial score (nSPS) is 13.4. The number of halogens is 1. The quantitative estimate of drug-likeness (QED) is 0.283. The summed E-state index contributed by atoms with van der Waals surface area (Å²) < 4.78 is 0. The van der Waals surface area contributed by atoms with Gasteiger partial charge in [0.25, 0.3) is 10.5 Å². The van der Waals surface area contributed by atoms with Gasteiger partial charge < -0.3 is 31.5 Å². The fourth-order valence-corrected chi connectivity index (χ4v) is 7.56. The van der Waals surface area contributed by atoms with Gasteiger partial charge in [-0.3, -0.25) is 9.59 Å². The Morgan fingerprint density at radius 1 is 0.933 bits per heavy atom. The van der Waals surface area contributed by atoms with Crippen LogP contribution >= 0.6 is 67.3 Å². The molecule has 0 unspecified atom stereocenters. The zero-order chi connectivity index (χ0) is 23.0. The van der Waals surface area contributed by atoms with E-state index < -0.39 is 22.4 Å². The van der Waals surface area contributed by atoms with Gasteiger partial charge in [0.05, 0.1) is 0 Å². The molecule has 0 spiro atoms. The van der Waals surface area contributed by atoms with E-state index in [1.54, 1.807) is 0 Å². The zero-order valence-electron chi connectivity index (χ0n) is 17.0. The van der Waals surface area contributed by atoms with Gasteiger partial charge in [-0.1, -0.05) is 45.1 Å². The van der Waals surface area contributed by atoms with E-state index in [1.165, 1.54) is 11.5 Å². The highest BCUT2D eigenvalue weighted by Crippen LogP contribution is 2.40. The zero-order valence-corrected chi connectivity index (χ0v) is 21.9. The topological polar surface area (TPSA) is 167 Å². The summed E-state index contributed by atoms with van der Waals surface area (Å²) in [5.41, 5.74) is 10.0. The molecule has 1 fully saturated rings. The van der Waals surface area contributed by atoms with E-state index in [4.69, 9.17) is 31.3 Å². The largest absolute Gasteiger partial charge is 0.473 e. The molecule has 0 atom stereocenters. The van der Waals surface area contributed by atoms with Gasteiger partial charge in [-0.2, -0.15) is 0 Å². The van der Waals surface area contributed by atoms with Crippen molar-refractivity contribution >= 4 is 89.8 Å². The number of hydrogen-bond donors (Lipinski definition) is 4. The van der Waals surface area contributed by atoms with Crippen molar-refractivity contribution < 1.29 is 29.4 Å². The minimum Gasteiger partial charge on any atom is -0.473 e. The maximum atomic E-state index is 10.5. The first-order valence-corrected chi connectivity index (χ1v) is 13.7. The van der Waals surface area contributed by atoms with Crippen LogP contribution < -0.4 is 11.5 Å². The molecule has 0 saturated carbocycles. The summed E-state index contributed by atoms with van der Waals surface area (Å²) in [4.78, 5) is 43.5. The molecular formula is C14H29ClN4O6S5. The summed E-state index contributed by atoms with van der Waals surface area (Å²) in [6, 6.07) is 0.909. The minimum atomic E-state index is -1.82. The van der Waals surface area contributed by atoms with Gasteiger partial charge in [0.1, 0.15) is 0 Å². The number of aliphatic carboxylic acids is 2. The molecule has 0 radical (unpaired) electrons. The summed E-state index contributed by atoms with van der Waals surface area (Å²) in [5.74, 6) is 0.0607. The molecular weight excluding hydrogens is 516 g/mol. The second-order valence-corrected chi connectivity index (χ2v) is 12.1. The average molecular weight is 545 g/mol. The van der Waals surface area contributed by atoms with E-state index in [0.29, 0.717) is 11.5 Å². The van der Waals surface area contributed by atoms with Crippen LogP contribution in [0.4, 0.5) is 9.59 Å². The fourth-order valence-electron chi connectivity index (χ4n) is 1.30. The Hall–Kier alpha value is -0.160. The highest BCUT2D eigenvalue weighted by Gasteiger charge is 2.16. The molecule has 1 aliphatic heterocycles. The third-order valence-corrected chi connectivity index (χ3v) is 9.13. The first kappa shape index (κ1) is 34.5. The van der Waals surface area contributed by atoms with Gasteiger partial charge in [0.2, 0.25) is 0 Å². The number of nitrogens with zero attached hydrogens (tertiary/aromatic N) is 2. The monoisotopic (exact) mass is 544 g/mol. The van der Waals surface area contributed by atoms with Crippen LogP contribution in [0.5, 0.6) is 0 Å². The minimum absolute atomic E-state index is 0. The predicted octanol–water partition coefficient (Wildman–Crippen LogP) is 2.08. The Morgan fingerprint density at radius 3 is 1.50 bits per heavy atom. The van der Waals surface area contributed by atoms with E-state index in [2.05, 4.69) is 19.0 Å². The third kappa shape index (κ3) is 22.5. The lowest BCUT2D eigenvalue weighted by Crippen LogP contribution is -2.34. The van der Waals surface area contributed by atoms with Gasteiger partial charge in [0, 0.05) is 35.1 Å². The molecule has 1 saturated heterocycles. The van der Waals surface area contributed by atoms with Crippen LogP contribution in [0.3, 0.4) is 0 Å². The number of hydrogen-bond acceptors (Lipinski definition) is 11. The van der Waals surface area contributed by atoms with Crippen molar-refractivity contribution in [3.63, 3.8) is 0 Å². The van der Waals surface area contributed by atoms with E-state index >= 15 is 0 Å². The van der Waals surface area contributed by atoms with E-state index in [1.807, 2.05) is 50.4 Å². The van der Waals surface area contributed by atoms with Crippen LogP contribution in [0.15, 0.2) is 0 Å². The van der Waals surface area contributed by atoms with Crippen molar-refractivity contribution in [3.8, 4) is 0 Å². The molecule has 0 bridgehead atoms. The van der Waals surface area contributed by atoms with Crippen molar-refractivity contribution in [2.24, 2.45) is 11.5 Å². The summed E-state index contributed by atoms with van der Waals surface area (Å²) in [6.07, 6.45) is 0. The van der Waals surface area contributed by atoms with Crippen LogP contribution in [0.2, 0.25) is 0 Å². The van der Waals surface area contributed by atoms with Crippen LogP contribution in [-0.2, 0) is 9.59 Å². The second kappa shape index (κ2) is 20.7. The number of primary amides is 2. The third-order valence-electron chi connectivity index (χ3n) is 3.10. The van der Waals surface area contributed by atoms with Crippen molar-refractivity contribution in [1.29, 1.82) is 0 Å². The van der Waals surface area contributed by atoms with Crippen LogP contribution in [0.1, 0.15) is 0 Å². The molecule has 0 aliphatic carbocycles. The number of carboxylic acid groups (broad SMARTS) is 2. The Kier molecular flexibility index (Phi) is 23.8. The maximum Gasteiger partial charge on any atom is 0.414 e. The summed E-state index contributed by atoms with van der Waals surface area (Å²) in [6.45, 7) is 0. The number of nitrogens with two attached hydrogens (primary N) is 2. The number of carbonyl (C=O) groups is 4. The standard InChI is InChI=1S/C7H15N3O2S2.C5H11NS3.C2H2O4.ClH/c1-10(2)5(3-13-6(8)11)4-14-7(9)12;1-6(2)5-3-7-9-8-4-5;3-1(4)2(5)6;/h5H,3-4H2,1-2H3,(H2,8,11)(H2,9,12);5H,3-4H2,1-2H3;(H,3,4)(H,5,6);1H. The van der Waals surface area contributed by atoms with Gasteiger partial charge in [-0.25, -0.2) is 9.59 Å². The summed E-state index contributed by atoms with van der Waals surface area (Å²) in [5, 5.41) is 14.0. The van der Waals surface area contributed by atoms with E-state index in [9.17, 15) is 9.59 Å². The van der Waals surface area contributed by atoms with Gasteiger partial charge in [-0.05, 0) is 38.0 Å². The average Bonchev–Trinajstić information content (AvgIpc) is 2.62. The Morgan fingerprint density at radius 2 is 1.30 bits per heavy atom. The van der Waals surface area contributed by atoms with E-state index in [-0.39, 0.29) is 18.4 Å². The van der Waals surface area contributed by atoms with Crippen molar-refractivity contribution in [2.75, 3.05) is 51.2 Å². The molecule has 1 aliphatic rings. The number of rotatable bonds is 6. The number of carbonyl (C=O) groups excluding carboxylic acids is 2. The molecule has 6 N–H and O–H groups in total. The van der Waals surface area contributed by atoms with Crippen molar-refractivity contribution in [1.82, 2.24) is 9.80 Å². The van der Waals surface area contributed by atoms with Gasteiger partial charge in [0.15, 0.2) is 0 Å². The van der Waals surface area contributed by atoms with Crippen molar-refractivity contribution in [3.05, 3.63) is 0 Å². The summed E-state index contributed by atoms with van der Waals surface area (Å²) >= 11 is 2.10. The molecule has 178 valence electrons. The lowest BCUT2D eigenvalue weighted by Gasteiger charge is -2.25. The Balaban J connectivity index is -0.000000391. The molecule has 0 aromatic carbocycles. The van der Waals surface area contributed by atoms with Crippen molar-refractivity contribution in [2.45, 2.75) is 12.1 Å². The highest BCUT2D eigenvalue weighted by molar-refractivity contribution is 9.09. The molecule has 1 heterocycles. The predicted molar refractivity (Wildman–Crippen MR) is 134 cm³/mol. The second-order valence-electron chi connectivity index (χ2n) is 5.74. The molecule has 30 heavy (non-hydrogen) atoms. The smallest absolute Gasteiger partial charge is 0.414 e. The fraction of sp³-hybridized carbons (Fsp3) is 0.714. The molecule has 16 heteroatoms. The van der Waals surface area contributed by atoms with Gasteiger partial charge in [-0.15, -0.1) is 12.4 Å². The molecule has 1 rings (SSSR count). The van der Waals surface area contributed by atoms with E-state index in [0.717, 1.165) is 29.6 Å². The Labute approximate surface area is 202 Å². The van der Waals surface area contributed by atoms with Crippen LogP contribution in [-0.4, -0.2) is 106 Å². The highest BCUT2D eigenvalue weighted by atomic mass is 35.5. The van der Waals surface area contributed by atoms with Gasteiger partial charge >= 0.3 is 11.9 Å². The number of carboxylic acids is 2. The van der Waals surface area contributed by atoms with Crippen LogP contribution in [0, 0.1) is 0 Å². The molecule has 2 amide bonds. The molecule has 10 nitrogen and oxygen atoms in total. The first-order chi connectivity index (χ1) is 13.4. The molecule has 0 aromatic heterocycles. The number of amides is 2. The number of thioether (sulfide) groups is 2. The lowest BCUT2D eigenvalue weighted by molar-refractivity contribution is -0.159.